The van der Waals surface area contributed by atoms with Crippen molar-refractivity contribution in [2.45, 2.75) is 45.2 Å². The Labute approximate surface area is 109 Å². The van der Waals surface area contributed by atoms with E-state index in [1.165, 1.54) is 24.0 Å². The molecular weight excluding hydrogens is 224 g/mol. The van der Waals surface area contributed by atoms with E-state index in [2.05, 4.69) is 29.6 Å². The molecular formula is C15H22N2O. The summed E-state index contributed by atoms with van der Waals surface area (Å²) in [6.07, 6.45) is 2.62. The predicted molar refractivity (Wildman–Crippen MR) is 73.1 cm³/mol. The molecule has 1 atom stereocenters. The summed E-state index contributed by atoms with van der Waals surface area (Å²) in [6.45, 7) is 4.71. The van der Waals surface area contributed by atoms with Crippen LogP contribution in [0.25, 0.3) is 0 Å². The van der Waals surface area contributed by atoms with Crippen molar-refractivity contribution in [1.29, 1.82) is 0 Å². The zero-order valence-corrected chi connectivity index (χ0v) is 11.1. The van der Waals surface area contributed by atoms with Crippen molar-refractivity contribution in [3.63, 3.8) is 0 Å². The highest BCUT2D eigenvalue weighted by Gasteiger charge is 2.23. The Hall–Kier alpha value is -1.35. The Balaban J connectivity index is 1.96. The largest absolute Gasteiger partial charge is 0.368 e. The maximum atomic E-state index is 11.3. The smallest absolute Gasteiger partial charge is 0.234 e. The van der Waals surface area contributed by atoms with Crippen LogP contribution in [0.4, 0.5) is 0 Å². The Morgan fingerprint density at radius 3 is 2.72 bits per heavy atom. The topological polar surface area (TPSA) is 55.1 Å². The molecule has 1 aromatic carbocycles. The van der Waals surface area contributed by atoms with Gasteiger partial charge in [-0.15, -0.1) is 0 Å². The van der Waals surface area contributed by atoms with Crippen LogP contribution >= 0.6 is 0 Å². The second-order valence-corrected chi connectivity index (χ2v) is 5.52. The third-order valence-electron chi connectivity index (χ3n) is 3.50. The van der Waals surface area contributed by atoms with E-state index in [1.54, 1.807) is 0 Å². The summed E-state index contributed by atoms with van der Waals surface area (Å²) in [4.78, 5) is 11.3. The molecule has 3 N–H and O–H groups in total. The quantitative estimate of drug-likeness (QED) is 0.808. The number of hydrogen-bond acceptors (Lipinski definition) is 2. The standard InChI is InChI=1S/C15H22N2O/c1-10(2)14(15(16)18)17-9-11-4-3-5-13(8-11)12-6-7-12/h3-5,8,10,12,14,17H,6-7,9H2,1-2H3,(H2,16,18). The summed E-state index contributed by atoms with van der Waals surface area (Å²) >= 11 is 0. The minimum absolute atomic E-state index is 0.217. The molecule has 1 aliphatic rings. The number of primary amides is 1. The van der Waals surface area contributed by atoms with Crippen LogP contribution in [0.2, 0.25) is 0 Å². The van der Waals surface area contributed by atoms with E-state index in [4.69, 9.17) is 5.73 Å². The normalized spacial score (nSPS) is 16.8. The minimum atomic E-state index is -0.275. The molecule has 98 valence electrons. The van der Waals surface area contributed by atoms with E-state index in [9.17, 15) is 4.79 Å². The first-order valence-electron chi connectivity index (χ1n) is 6.69. The fourth-order valence-electron chi connectivity index (χ4n) is 2.27. The molecule has 0 saturated heterocycles. The van der Waals surface area contributed by atoms with E-state index in [0.29, 0.717) is 6.54 Å². The van der Waals surface area contributed by atoms with Crippen LogP contribution in [0.3, 0.4) is 0 Å². The lowest BCUT2D eigenvalue weighted by molar-refractivity contribution is -0.121. The lowest BCUT2D eigenvalue weighted by atomic mass is 10.0. The van der Waals surface area contributed by atoms with E-state index in [1.807, 2.05) is 13.8 Å². The molecule has 1 aromatic rings. The van der Waals surface area contributed by atoms with Gasteiger partial charge in [-0.2, -0.15) is 0 Å². The molecule has 18 heavy (non-hydrogen) atoms. The average Bonchev–Trinajstić information content (AvgIpc) is 3.12. The maximum absolute atomic E-state index is 11.3. The summed E-state index contributed by atoms with van der Waals surface area (Å²) in [7, 11) is 0. The van der Waals surface area contributed by atoms with Gasteiger partial charge < -0.3 is 11.1 Å². The van der Waals surface area contributed by atoms with Crippen LogP contribution in [0.15, 0.2) is 24.3 Å². The maximum Gasteiger partial charge on any atom is 0.234 e. The fourth-order valence-corrected chi connectivity index (χ4v) is 2.27. The molecule has 1 unspecified atom stereocenters. The second kappa shape index (κ2) is 5.53. The van der Waals surface area contributed by atoms with Crippen molar-refractivity contribution in [3.05, 3.63) is 35.4 Å². The number of carbonyl (C=O) groups is 1. The molecule has 2 rings (SSSR count). The summed E-state index contributed by atoms with van der Waals surface area (Å²) in [5.74, 6) is 0.708. The summed E-state index contributed by atoms with van der Waals surface area (Å²) < 4.78 is 0. The van der Waals surface area contributed by atoms with Gasteiger partial charge in [-0.1, -0.05) is 38.1 Å². The van der Waals surface area contributed by atoms with E-state index < -0.39 is 0 Å². The van der Waals surface area contributed by atoms with Crippen molar-refractivity contribution < 1.29 is 4.79 Å². The highest BCUT2D eigenvalue weighted by Crippen LogP contribution is 2.40. The number of nitrogens with one attached hydrogen (secondary N) is 1. The molecule has 0 radical (unpaired) electrons. The number of nitrogens with two attached hydrogens (primary N) is 1. The molecule has 0 aliphatic heterocycles. The third kappa shape index (κ3) is 3.33. The van der Waals surface area contributed by atoms with Gasteiger partial charge in [-0.3, -0.25) is 4.79 Å². The first kappa shape index (κ1) is 13.1. The first-order chi connectivity index (χ1) is 8.58. The summed E-state index contributed by atoms with van der Waals surface area (Å²) in [5, 5.41) is 3.25. The van der Waals surface area contributed by atoms with Gasteiger partial charge in [0.15, 0.2) is 0 Å². The zero-order valence-electron chi connectivity index (χ0n) is 11.1. The number of benzene rings is 1. The third-order valence-corrected chi connectivity index (χ3v) is 3.50. The average molecular weight is 246 g/mol. The number of rotatable bonds is 6. The molecule has 0 heterocycles. The molecule has 3 nitrogen and oxygen atoms in total. The van der Waals surface area contributed by atoms with Crippen LogP contribution < -0.4 is 11.1 Å². The highest BCUT2D eigenvalue weighted by atomic mass is 16.1. The van der Waals surface area contributed by atoms with Crippen molar-refractivity contribution >= 4 is 5.91 Å². The van der Waals surface area contributed by atoms with Crippen molar-refractivity contribution in [1.82, 2.24) is 5.32 Å². The summed E-state index contributed by atoms with van der Waals surface area (Å²) in [5.41, 5.74) is 8.04. The van der Waals surface area contributed by atoms with Crippen LogP contribution in [0.5, 0.6) is 0 Å². The molecule has 0 spiro atoms. The van der Waals surface area contributed by atoms with Crippen LogP contribution in [0.1, 0.15) is 43.7 Å². The first-order valence-corrected chi connectivity index (χ1v) is 6.69. The van der Waals surface area contributed by atoms with Gasteiger partial charge in [0.25, 0.3) is 0 Å². The van der Waals surface area contributed by atoms with Crippen molar-refractivity contribution in [2.75, 3.05) is 0 Å². The van der Waals surface area contributed by atoms with Crippen LogP contribution in [-0.4, -0.2) is 11.9 Å². The van der Waals surface area contributed by atoms with Crippen LogP contribution in [0, 0.1) is 5.92 Å². The Morgan fingerprint density at radius 1 is 1.44 bits per heavy atom. The van der Waals surface area contributed by atoms with Gasteiger partial charge >= 0.3 is 0 Å². The molecule has 3 heteroatoms. The van der Waals surface area contributed by atoms with Gasteiger partial charge in [-0.05, 0) is 35.8 Å². The lowest BCUT2D eigenvalue weighted by Crippen LogP contribution is -2.44. The highest BCUT2D eigenvalue weighted by molar-refractivity contribution is 5.80. The Kier molecular flexibility index (Phi) is 4.02. The lowest BCUT2D eigenvalue weighted by Gasteiger charge is -2.19. The SMILES string of the molecule is CC(C)C(NCc1cccc(C2CC2)c1)C(N)=O. The monoisotopic (exact) mass is 246 g/mol. The van der Waals surface area contributed by atoms with Gasteiger partial charge in [0, 0.05) is 6.54 Å². The van der Waals surface area contributed by atoms with E-state index in [-0.39, 0.29) is 17.9 Å². The molecule has 1 aliphatic carbocycles. The molecule has 1 amide bonds. The van der Waals surface area contributed by atoms with Gasteiger partial charge in [-0.25, -0.2) is 0 Å². The molecule has 0 bridgehead atoms. The van der Waals surface area contributed by atoms with Crippen LogP contribution in [-0.2, 0) is 11.3 Å². The molecule has 0 aromatic heterocycles. The van der Waals surface area contributed by atoms with E-state index >= 15 is 0 Å². The zero-order chi connectivity index (χ0) is 13.1. The Morgan fingerprint density at radius 2 is 2.17 bits per heavy atom. The van der Waals surface area contributed by atoms with E-state index in [0.717, 1.165) is 5.92 Å². The summed E-state index contributed by atoms with van der Waals surface area (Å²) in [6, 6.07) is 8.36. The van der Waals surface area contributed by atoms with Crippen molar-refractivity contribution in [2.24, 2.45) is 11.7 Å². The predicted octanol–water partition coefficient (Wildman–Crippen LogP) is 2.16. The van der Waals surface area contributed by atoms with Gasteiger partial charge in [0.2, 0.25) is 5.91 Å². The molecule has 1 fully saturated rings. The van der Waals surface area contributed by atoms with Crippen molar-refractivity contribution in [3.8, 4) is 0 Å². The second-order valence-electron chi connectivity index (χ2n) is 5.52. The number of hydrogen-bond donors (Lipinski definition) is 2. The van der Waals surface area contributed by atoms with Gasteiger partial charge in [0.1, 0.15) is 0 Å². The fraction of sp³-hybridized carbons (Fsp3) is 0.533. The number of carbonyl (C=O) groups excluding carboxylic acids is 1. The Bertz CT molecular complexity index is 424. The number of amides is 1. The van der Waals surface area contributed by atoms with Gasteiger partial charge in [0.05, 0.1) is 6.04 Å². The molecule has 1 saturated carbocycles. The minimum Gasteiger partial charge on any atom is -0.368 e.